The van der Waals surface area contributed by atoms with Gasteiger partial charge < -0.3 is 4.90 Å². The molecule has 1 aliphatic heterocycles. The van der Waals surface area contributed by atoms with Gasteiger partial charge >= 0.3 is 0 Å². The second kappa shape index (κ2) is 6.91. The molecule has 0 amide bonds. The Bertz CT molecular complexity index is 424. The number of fused-ring (bicyclic) bond motifs is 1. The van der Waals surface area contributed by atoms with Crippen LogP contribution in [-0.2, 0) is 0 Å². The summed E-state index contributed by atoms with van der Waals surface area (Å²) in [6.07, 6.45) is 5.06. The predicted molar refractivity (Wildman–Crippen MR) is 93.9 cm³/mol. The Kier molecular flexibility index (Phi) is 5.51. The number of unbranched alkanes of at least 4 members (excludes halogenated alkanes) is 3. The van der Waals surface area contributed by atoms with E-state index in [1.165, 1.54) is 30.1 Å². The molecule has 0 aliphatic carbocycles. The van der Waals surface area contributed by atoms with Gasteiger partial charge in [-0.1, -0.05) is 84.1 Å². The number of halogens is 1. The summed E-state index contributed by atoms with van der Waals surface area (Å²) in [4.78, 5) is 3.94. The van der Waals surface area contributed by atoms with Crippen LogP contribution in [0.1, 0.15) is 36.8 Å². The molecule has 0 unspecified atom stereocenters. The number of hydrogen-bond acceptors (Lipinski definition) is 2. The molecule has 18 heavy (non-hydrogen) atoms. The van der Waals surface area contributed by atoms with Crippen LogP contribution >= 0.6 is 47.0 Å². The zero-order valence-corrected chi connectivity index (χ0v) is 14.0. The van der Waals surface area contributed by atoms with Crippen molar-refractivity contribution >= 4 is 57.0 Å². The van der Waals surface area contributed by atoms with E-state index in [-0.39, 0.29) is 0 Å². The molecule has 1 aliphatic rings. The van der Waals surface area contributed by atoms with Gasteiger partial charge in [0.1, 0.15) is 9.98 Å². The Hall–Kier alpha value is -0.0700. The second-order valence-electron chi connectivity index (χ2n) is 4.41. The maximum atomic E-state index is 5.51. The van der Waals surface area contributed by atoms with E-state index in [2.05, 4.69) is 39.6 Å². The smallest absolute Gasteiger partial charge is 0.114 e. The second-order valence-corrected chi connectivity index (χ2v) is 6.26. The Balaban J connectivity index is 1.93. The van der Waals surface area contributed by atoms with Crippen LogP contribution in [0.2, 0.25) is 0 Å². The van der Waals surface area contributed by atoms with Crippen molar-refractivity contribution < 1.29 is 0 Å². The lowest BCUT2D eigenvalue weighted by Gasteiger charge is -2.17. The highest BCUT2D eigenvalue weighted by Gasteiger charge is 2.27. The summed E-state index contributed by atoms with van der Waals surface area (Å²) in [6, 6.07) is 8.19. The van der Waals surface area contributed by atoms with E-state index in [4.69, 9.17) is 24.4 Å². The molecular formula is C14H16INS2. The molecule has 2 rings (SSSR count). The third-order valence-corrected chi connectivity index (χ3v) is 4.79. The van der Waals surface area contributed by atoms with E-state index in [1.807, 2.05) is 12.1 Å². The van der Waals surface area contributed by atoms with Crippen LogP contribution in [-0.4, -0.2) is 25.8 Å². The van der Waals surface area contributed by atoms with E-state index >= 15 is 0 Å². The molecule has 0 aromatic heterocycles. The van der Waals surface area contributed by atoms with Crippen molar-refractivity contribution in [1.82, 2.24) is 4.90 Å². The van der Waals surface area contributed by atoms with Gasteiger partial charge in [-0.3, -0.25) is 0 Å². The summed E-state index contributed by atoms with van der Waals surface area (Å²) in [7, 11) is 0. The largest absolute Gasteiger partial charge is 0.323 e. The predicted octanol–water partition coefficient (Wildman–Crippen LogP) is 4.35. The van der Waals surface area contributed by atoms with E-state index in [0.717, 1.165) is 27.6 Å². The number of nitrogens with zero attached hydrogens (tertiary/aromatic N) is 1. The molecular weight excluding hydrogens is 373 g/mol. The summed E-state index contributed by atoms with van der Waals surface area (Å²) < 4.78 is 1.25. The molecule has 1 nitrogen and oxygen atoms in total. The molecule has 4 heteroatoms. The van der Waals surface area contributed by atoms with E-state index < -0.39 is 0 Å². The van der Waals surface area contributed by atoms with Gasteiger partial charge in [-0.2, -0.15) is 0 Å². The molecule has 1 heterocycles. The zero-order chi connectivity index (χ0) is 13.0. The fourth-order valence-electron chi connectivity index (χ4n) is 2.16. The van der Waals surface area contributed by atoms with Gasteiger partial charge in [-0.05, 0) is 17.3 Å². The lowest BCUT2D eigenvalue weighted by atomic mass is 10.1. The molecule has 0 N–H and O–H groups in total. The first-order valence-corrected chi connectivity index (χ1v) is 8.61. The fraction of sp³-hybridized carbons (Fsp3) is 0.429. The standard InChI is InChI=1S/C14H16INS2/c15-9-5-1-2-6-10-16-13(17)11-7-3-4-8-12(11)14(16)18/h3-4,7-8H,1-2,5-6,9-10H2. The molecule has 0 bridgehead atoms. The Labute approximate surface area is 133 Å². The summed E-state index contributed by atoms with van der Waals surface area (Å²) in [5, 5.41) is 0. The quantitative estimate of drug-likeness (QED) is 0.308. The van der Waals surface area contributed by atoms with Gasteiger partial charge in [-0.15, -0.1) is 0 Å². The van der Waals surface area contributed by atoms with E-state index in [0.29, 0.717) is 0 Å². The van der Waals surface area contributed by atoms with Gasteiger partial charge in [0.15, 0.2) is 0 Å². The van der Waals surface area contributed by atoms with Crippen LogP contribution in [0.5, 0.6) is 0 Å². The van der Waals surface area contributed by atoms with Crippen LogP contribution in [0.15, 0.2) is 24.3 Å². The molecule has 0 fully saturated rings. The summed E-state index contributed by atoms with van der Waals surface area (Å²) >= 11 is 13.5. The molecule has 0 radical (unpaired) electrons. The number of rotatable bonds is 6. The Morgan fingerprint density at radius 2 is 1.44 bits per heavy atom. The van der Waals surface area contributed by atoms with Crippen molar-refractivity contribution in [2.75, 3.05) is 11.0 Å². The summed E-state index contributed by atoms with van der Waals surface area (Å²) in [5.74, 6) is 0. The highest BCUT2D eigenvalue weighted by atomic mass is 127. The van der Waals surface area contributed by atoms with Crippen LogP contribution in [0, 0.1) is 0 Å². The van der Waals surface area contributed by atoms with Crippen molar-refractivity contribution in [3.05, 3.63) is 35.4 Å². The van der Waals surface area contributed by atoms with Crippen LogP contribution in [0.3, 0.4) is 0 Å². The van der Waals surface area contributed by atoms with Gasteiger partial charge in [0.25, 0.3) is 0 Å². The minimum absolute atomic E-state index is 0.907. The number of thiocarbonyl (C=S) groups is 2. The molecule has 1 aromatic carbocycles. The highest BCUT2D eigenvalue weighted by Crippen LogP contribution is 2.24. The van der Waals surface area contributed by atoms with Gasteiger partial charge in [0, 0.05) is 17.7 Å². The van der Waals surface area contributed by atoms with E-state index in [1.54, 1.807) is 0 Å². The van der Waals surface area contributed by atoms with E-state index in [9.17, 15) is 0 Å². The fourth-order valence-corrected chi connectivity index (χ4v) is 3.48. The maximum absolute atomic E-state index is 5.51. The van der Waals surface area contributed by atoms with Crippen molar-refractivity contribution in [3.8, 4) is 0 Å². The van der Waals surface area contributed by atoms with Crippen LogP contribution in [0.25, 0.3) is 0 Å². The minimum atomic E-state index is 0.907. The number of benzene rings is 1. The first-order valence-electron chi connectivity index (χ1n) is 6.27. The monoisotopic (exact) mass is 389 g/mol. The third-order valence-electron chi connectivity index (χ3n) is 3.14. The Morgan fingerprint density at radius 3 is 2.00 bits per heavy atom. The minimum Gasteiger partial charge on any atom is -0.323 e. The van der Waals surface area contributed by atoms with Crippen molar-refractivity contribution in [1.29, 1.82) is 0 Å². The van der Waals surface area contributed by atoms with Gasteiger partial charge in [0.05, 0.1) is 0 Å². The number of hydrogen-bond donors (Lipinski definition) is 0. The van der Waals surface area contributed by atoms with Crippen LogP contribution in [0.4, 0.5) is 0 Å². The van der Waals surface area contributed by atoms with Crippen molar-refractivity contribution in [2.24, 2.45) is 0 Å². The first kappa shape index (κ1) is 14.3. The number of alkyl halides is 1. The van der Waals surface area contributed by atoms with Crippen molar-refractivity contribution in [2.45, 2.75) is 25.7 Å². The molecule has 1 aromatic rings. The van der Waals surface area contributed by atoms with Gasteiger partial charge in [0.2, 0.25) is 0 Å². The molecule has 0 spiro atoms. The summed E-state index contributed by atoms with van der Waals surface area (Å²) in [5.41, 5.74) is 2.26. The normalized spacial score (nSPS) is 14.2. The topological polar surface area (TPSA) is 3.24 Å². The average Bonchev–Trinajstić information content (AvgIpc) is 2.64. The third kappa shape index (κ3) is 3.08. The summed E-state index contributed by atoms with van der Waals surface area (Å²) in [6.45, 7) is 0.966. The zero-order valence-electron chi connectivity index (χ0n) is 10.2. The highest BCUT2D eigenvalue weighted by molar-refractivity contribution is 14.1. The average molecular weight is 389 g/mol. The van der Waals surface area contributed by atoms with Crippen molar-refractivity contribution in [3.63, 3.8) is 0 Å². The van der Waals surface area contributed by atoms with Crippen LogP contribution < -0.4 is 0 Å². The molecule has 0 atom stereocenters. The lowest BCUT2D eigenvalue weighted by molar-refractivity contribution is 0.560. The molecule has 0 saturated heterocycles. The molecule has 0 saturated carbocycles. The first-order chi connectivity index (χ1) is 8.75. The van der Waals surface area contributed by atoms with Gasteiger partial charge in [-0.25, -0.2) is 0 Å². The molecule has 96 valence electrons. The lowest BCUT2D eigenvalue weighted by Crippen LogP contribution is -2.29. The Morgan fingerprint density at radius 1 is 0.889 bits per heavy atom. The SMILES string of the molecule is S=C1c2ccccc2C(=S)N1CCCCCCI. The maximum Gasteiger partial charge on any atom is 0.114 e.